The summed E-state index contributed by atoms with van der Waals surface area (Å²) in [5.74, 6) is -0.463. The maximum absolute atomic E-state index is 12.4. The minimum Gasteiger partial charge on any atom is -0.399 e. The van der Waals surface area contributed by atoms with Gasteiger partial charge in [0.25, 0.3) is 0 Å². The Morgan fingerprint density at radius 3 is 2.09 bits per heavy atom. The second kappa shape index (κ2) is 5.39. The molecule has 1 fully saturated rings. The van der Waals surface area contributed by atoms with E-state index >= 15 is 0 Å². The highest BCUT2D eigenvalue weighted by molar-refractivity contribution is 7.88. The number of hydrogen-bond donors (Lipinski definition) is 0. The van der Waals surface area contributed by atoms with Crippen LogP contribution < -0.4 is 9.65 Å². The van der Waals surface area contributed by atoms with Crippen LogP contribution in [0.25, 0.3) is 0 Å². The Bertz CT molecular complexity index is 684. The lowest BCUT2D eigenvalue weighted by Gasteiger charge is -2.32. The zero-order chi connectivity index (χ0) is 17.7. The third-order valence-corrected chi connectivity index (χ3v) is 4.85. The maximum atomic E-state index is 12.4. The molecule has 1 aliphatic rings. The van der Waals surface area contributed by atoms with Gasteiger partial charge in [-0.05, 0) is 45.3 Å². The zero-order valence-electron chi connectivity index (χ0n) is 13.0. The summed E-state index contributed by atoms with van der Waals surface area (Å²) in [4.78, 5) is 0. The number of halogens is 3. The molecule has 128 valence electrons. The third-order valence-electron chi connectivity index (χ3n) is 3.87. The second-order valence-electron chi connectivity index (χ2n) is 6.14. The molecule has 0 bridgehead atoms. The molecule has 1 heterocycles. The minimum atomic E-state index is -5.72. The molecule has 10 heteroatoms. The monoisotopic (exact) mass is 352 g/mol. The highest BCUT2D eigenvalue weighted by Crippen LogP contribution is 2.36. The molecule has 1 aromatic carbocycles. The standard InChI is InChI=1S/C13H16BF3O5S/c1-11(2)12(3,4)22-14(21-11)9-6-5-7-10(8-9)20-23(18,19)13(15,16)17/h5-8H,1-4H3. The quantitative estimate of drug-likeness (QED) is 0.474. The van der Waals surface area contributed by atoms with E-state index in [4.69, 9.17) is 9.31 Å². The van der Waals surface area contributed by atoms with Crippen LogP contribution in [0.3, 0.4) is 0 Å². The normalized spacial score (nSPS) is 20.6. The summed E-state index contributed by atoms with van der Waals surface area (Å²) in [5, 5.41) is 0. The van der Waals surface area contributed by atoms with E-state index in [1.165, 1.54) is 6.07 Å². The van der Waals surface area contributed by atoms with Crippen molar-refractivity contribution in [2.75, 3.05) is 0 Å². The first kappa shape index (κ1) is 18.1. The molecule has 1 aromatic rings. The molecule has 0 spiro atoms. The fourth-order valence-electron chi connectivity index (χ4n) is 1.87. The predicted octanol–water partition coefficient (Wildman–Crippen LogP) is 2.21. The van der Waals surface area contributed by atoms with Gasteiger partial charge in [0, 0.05) is 0 Å². The summed E-state index contributed by atoms with van der Waals surface area (Å²) in [6.45, 7) is 7.28. The van der Waals surface area contributed by atoms with Gasteiger partial charge in [-0.2, -0.15) is 21.6 Å². The van der Waals surface area contributed by atoms with Crippen molar-refractivity contribution in [2.24, 2.45) is 0 Å². The molecule has 5 nitrogen and oxygen atoms in total. The fraction of sp³-hybridized carbons (Fsp3) is 0.538. The molecule has 2 rings (SSSR count). The van der Waals surface area contributed by atoms with Crippen LogP contribution in [0.5, 0.6) is 5.75 Å². The minimum absolute atomic E-state index is 0.360. The average Bonchev–Trinajstić information content (AvgIpc) is 2.57. The summed E-state index contributed by atoms with van der Waals surface area (Å²) < 4.78 is 74.8. The third kappa shape index (κ3) is 3.48. The molecule has 0 aliphatic carbocycles. The van der Waals surface area contributed by atoms with Crippen LogP contribution in [0.2, 0.25) is 0 Å². The van der Waals surface area contributed by atoms with Gasteiger partial charge in [0.05, 0.1) is 11.2 Å². The topological polar surface area (TPSA) is 61.8 Å². The van der Waals surface area contributed by atoms with E-state index in [1.54, 1.807) is 6.07 Å². The van der Waals surface area contributed by atoms with Crippen LogP contribution in [0.15, 0.2) is 24.3 Å². The molecule has 23 heavy (non-hydrogen) atoms. The first-order valence-corrected chi connectivity index (χ1v) is 8.12. The van der Waals surface area contributed by atoms with Crippen molar-refractivity contribution < 1.29 is 35.1 Å². The van der Waals surface area contributed by atoms with Gasteiger partial charge in [0.2, 0.25) is 0 Å². The number of alkyl halides is 3. The largest absolute Gasteiger partial charge is 0.534 e. The lowest BCUT2D eigenvalue weighted by molar-refractivity contribution is -0.0500. The summed E-state index contributed by atoms with van der Waals surface area (Å²) in [6.07, 6.45) is 0. The highest BCUT2D eigenvalue weighted by Gasteiger charge is 2.52. The van der Waals surface area contributed by atoms with Crippen molar-refractivity contribution in [1.29, 1.82) is 0 Å². The van der Waals surface area contributed by atoms with Crippen molar-refractivity contribution >= 4 is 22.7 Å². The zero-order valence-corrected chi connectivity index (χ0v) is 13.8. The van der Waals surface area contributed by atoms with E-state index in [1.807, 2.05) is 27.7 Å². The van der Waals surface area contributed by atoms with Crippen LogP contribution in [-0.4, -0.2) is 32.2 Å². The lowest BCUT2D eigenvalue weighted by Crippen LogP contribution is -2.41. The first-order chi connectivity index (χ1) is 10.3. The van der Waals surface area contributed by atoms with E-state index in [9.17, 15) is 21.6 Å². The average molecular weight is 352 g/mol. The Labute approximate surface area is 133 Å². The van der Waals surface area contributed by atoms with E-state index in [-0.39, 0.29) is 0 Å². The van der Waals surface area contributed by atoms with Crippen molar-refractivity contribution in [3.63, 3.8) is 0 Å². The smallest absolute Gasteiger partial charge is 0.399 e. The van der Waals surface area contributed by atoms with Gasteiger partial charge < -0.3 is 13.5 Å². The molecule has 0 saturated carbocycles. The number of rotatable bonds is 3. The van der Waals surface area contributed by atoms with Crippen molar-refractivity contribution in [3.05, 3.63) is 24.3 Å². The van der Waals surface area contributed by atoms with E-state index in [2.05, 4.69) is 4.18 Å². The van der Waals surface area contributed by atoms with Crippen LogP contribution in [-0.2, 0) is 19.4 Å². The molecule has 0 radical (unpaired) electrons. The van der Waals surface area contributed by atoms with Crippen molar-refractivity contribution in [2.45, 2.75) is 44.4 Å². The van der Waals surface area contributed by atoms with Crippen LogP contribution >= 0.6 is 0 Å². The summed E-state index contributed by atoms with van der Waals surface area (Å²) in [6, 6.07) is 5.17. The van der Waals surface area contributed by atoms with Crippen molar-refractivity contribution in [3.8, 4) is 5.75 Å². The van der Waals surface area contributed by atoms with Gasteiger partial charge in [-0.3, -0.25) is 0 Å². The summed E-state index contributed by atoms with van der Waals surface area (Å²) >= 11 is 0. The van der Waals surface area contributed by atoms with Crippen molar-refractivity contribution in [1.82, 2.24) is 0 Å². The molecule has 0 aromatic heterocycles. The molecule has 0 amide bonds. The molecular formula is C13H16BF3O5S. The number of benzene rings is 1. The molecule has 1 saturated heterocycles. The Balaban J connectivity index is 2.26. The molecule has 0 N–H and O–H groups in total. The Kier molecular flexibility index (Phi) is 4.24. The van der Waals surface area contributed by atoms with Gasteiger partial charge in [0.1, 0.15) is 5.75 Å². The van der Waals surface area contributed by atoms with Gasteiger partial charge in [-0.15, -0.1) is 0 Å². The highest BCUT2D eigenvalue weighted by atomic mass is 32.2. The van der Waals surface area contributed by atoms with Gasteiger partial charge in [-0.1, -0.05) is 12.1 Å². The van der Waals surface area contributed by atoms with E-state index in [0.29, 0.717) is 5.46 Å². The molecule has 1 aliphatic heterocycles. The van der Waals surface area contributed by atoms with Gasteiger partial charge in [-0.25, -0.2) is 0 Å². The van der Waals surface area contributed by atoms with Gasteiger partial charge in [0.15, 0.2) is 0 Å². The fourth-order valence-corrected chi connectivity index (χ4v) is 2.32. The molecule has 0 atom stereocenters. The molecular weight excluding hydrogens is 336 g/mol. The van der Waals surface area contributed by atoms with E-state index in [0.717, 1.165) is 12.1 Å². The van der Waals surface area contributed by atoms with Crippen LogP contribution in [0, 0.1) is 0 Å². The van der Waals surface area contributed by atoms with E-state index < -0.39 is 39.7 Å². The van der Waals surface area contributed by atoms with Crippen LogP contribution in [0.4, 0.5) is 13.2 Å². The predicted molar refractivity (Wildman–Crippen MR) is 77.8 cm³/mol. The Hall–Kier alpha value is -1.26. The van der Waals surface area contributed by atoms with Gasteiger partial charge >= 0.3 is 22.7 Å². The Morgan fingerprint density at radius 2 is 1.61 bits per heavy atom. The number of hydrogen-bond acceptors (Lipinski definition) is 5. The van der Waals surface area contributed by atoms with Crippen LogP contribution in [0.1, 0.15) is 27.7 Å². The second-order valence-corrected chi connectivity index (χ2v) is 7.68. The molecule has 0 unspecified atom stereocenters. The summed E-state index contributed by atoms with van der Waals surface area (Å²) in [5.41, 5.74) is -6.40. The SMILES string of the molecule is CC1(C)OB(c2cccc(OS(=O)(=O)C(F)(F)F)c2)OC1(C)C. The lowest BCUT2D eigenvalue weighted by atomic mass is 9.79. The maximum Gasteiger partial charge on any atom is 0.534 e. The first-order valence-electron chi connectivity index (χ1n) is 6.71. The summed E-state index contributed by atoms with van der Waals surface area (Å²) in [7, 11) is -6.55. The Morgan fingerprint density at radius 1 is 1.09 bits per heavy atom.